The highest BCUT2D eigenvalue weighted by Gasteiger charge is 2.33. The zero-order chi connectivity index (χ0) is 25.3. The normalized spacial score (nSPS) is 17.2. The molecule has 13 heteroatoms. The molecule has 1 aromatic heterocycles. The maximum Gasteiger partial charge on any atom is 0.274 e. The summed E-state index contributed by atoms with van der Waals surface area (Å²) in [5, 5.41) is 15.9. The van der Waals surface area contributed by atoms with Gasteiger partial charge in [-0.2, -0.15) is 9.40 Å². The number of amides is 1. The molecule has 1 aromatic carbocycles. The number of benzene rings is 1. The van der Waals surface area contributed by atoms with Gasteiger partial charge in [-0.15, -0.1) is 0 Å². The summed E-state index contributed by atoms with van der Waals surface area (Å²) in [5.74, 6) is -0.107. The molecule has 35 heavy (non-hydrogen) atoms. The Morgan fingerprint density at radius 3 is 2.43 bits per heavy atom. The third-order valence-corrected chi connectivity index (χ3v) is 8.03. The summed E-state index contributed by atoms with van der Waals surface area (Å²) in [7, 11) is -4.03. The van der Waals surface area contributed by atoms with Gasteiger partial charge >= 0.3 is 0 Å². The quantitative estimate of drug-likeness (QED) is 0.412. The molecule has 12 nitrogen and oxygen atoms in total. The van der Waals surface area contributed by atoms with E-state index < -0.39 is 14.9 Å². The van der Waals surface area contributed by atoms with E-state index in [4.69, 9.17) is 9.47 Å². The zero-order valence-corrected chi connectivity index (χ0v) is 20.8. The van der Waals surface area contributed by atoms with Crippen molar-refractivity contribution >= 4 is 21.6 Å². The number of ether oxygens (including phenoxy) is 2. The first kappa shape index (κ1) is 25.1. The highest BCUT2D eigenvalue weighted by molar-refractivity contribution is 7.89. The number of morpholine rings is 1. The van der Waals surface area contributed by atoms with E-state index in [-0.39, 0.29) is 39.9 Å². The molecule has 0 radical (unpaired) electrons. The van der Waals surface area contributed by atoms with Crippen LogP contribution in [-0.4, -0.2) is 77.6 Å². The van der Waals surface area contributed by atoms with Crippen LogP contribution in [0.5, 0.6) is 11.6 Å². The fraction of sp³-hybridized carbons (Fsp3) is 0.545. The van der Waals surface area contributed by atoms with Gasteiger partial charge in [0.2, 0.25) is 15.9 Å². The number of hydrogen-bond donors (Lipinski definition) is 0. The van der Waals surface area contributed by atoms with Crippen molar-refractivity contribution in [3.05, 3.63) is 39.6 Å². The molecule has 190 valence electrons. The molecule has 2 fully saturated rings. The van der Waals surface area contributed by atoms with Crippen LogP contribution in [0.2, 0.25) is 0 Å². The van der Waals surface area contributed by atoms with Gasteiger partial charge in [-0.1, -0.05) is 0 Å². The van der Waals surface area contributed by atoms with Gasteiger partial charge in [0.1, 0.15) is 10.6 Å². The second-order valence-electron chi connectivity index (χ2n) is 8.82. The molecule has 3 heterocycles. The second kappa shape index (κ2) is 9.91. The first-order valence-corrected chi connectivity index (χ1v) is 13.0. The van der Waals surface area contributed by atoms with E-state index in [1.165, 1.54) is 21.1 Å². The number of hydrogen-bond acceptors (Lipinski definition) is 8. The van der Waals surface area contributed by atoms with Crippen molar-refractivity contribution in [1.29, 1.82) is 0 Å². The Balaban J connectivity index is 1.77. The molecular formula is C22H29N5O7S. The van der Waals surface area contributed by atoms with Crippen LogP contribution in [0.15, 0.2) is 23.1 Å². The molecule has 0 spiro atoms. The highest BCUT2D eigenvalue weighted by Crippen LogP contribution is 2.37. The molecule has 2 aliphatic heterocycles. The van der Waals surface area contributed by atoms with E-state index in [2.05, 4.69) is 5.10 Å². The number of carbonyl (C=O) groups excluding carboxylic acids is 1. The summed E-state index contributed by atoms with van der Waals surface area (Å²) in [5.41, 5.74) is 0.312. The van der Waals surface area contributed by atoms with Crippen molar-refractivity contribution in [2.24, 2.45) is 0 Å². The topological polar surface area (TPSA) is 137 Å². The van der Waals surface area contributed by atoms with Gasteiger partial charge in [-0.05, 0) is 39.7 Å². The van der Waals surface area contributed by atoms with E-state index >= 15 is 0 Å². The summed E-state index contributed by atoms with van der Waals surface area (Å²) in [6.45, 7) is 7.87. The number of nitro benzene ring substituents is 1. The molecule has 2 aliphatic rings. The third kappa shape index (κ3) is 4.88. The van der Waals surface area contributed by atoms with Crippen LogP contribution >= 0.6 is 0 Å². The average molecular weight is 508 g/mol. The van der Waals surface area contributed by atoms with Crippen LogP contribution < -0.4 is 4.74 Å². The molecule has 0 unspecified atom stereocenters. The van der Waals surface area contributed by atoms with E-state index in [1.54, 1.807) is 11.8 Å². The van der Waals surface area contributed by atoms with Gasteiger partial charge in [-0.25, -0.2) is 13.1 Å². The van der Waals surface area contributed by atoms with E-state index in [0.29, 0.717) is 45.0 Å². The van der Waals surface area contributed by atoms with Gasteiger partial charge in [0.15, 0.2) is 5.69 Å². The minimum Gasteiger partial charge on any atom is -0.438 e. The maximum absolute atomic E-state index is 13.4. The second-order valence-corrected chi connectivity index (χ2v) is 10.7. The fourth-order valence-electron chi connectivity index (χ4n) is 4.16. The van der Waals surface area contributed by atoms with Crippen LogP contribution in [-0.2, 0) is 14.8 Å². The number of nitro groups is 1. The van der Waals surface area contributed by atoms with Gasteiger partial charge in [0.25, 0.3) is 11.6 Å². The lowest BCUT2D eigenvalue weighted by Crippen LogP contribution is -2.41. The molecule has 4 rings (SSSR count). The van der Waals surface area contributed by atoms with Crippen molar-refractivity contribution in [1.82, 2.24) is 19.0 Å². The molecule has 0 N–H and O–H groups in total. The molecular weight excluding hydrogens is 478 g/mol. The average Bonchev–Trinajstić information content (AvgIpc) is 3.49. The predicted molar refractivity (Wildman–Crippen MR) is 125 cm³/mol. The first-order chi connectivity index (χ1) is 16.6. The van der Waals surface area contributed by atoms with Gasteiger partial charge < -0.3 is 14.4 Å². The van der Waals surface area contributed by atoms with E-state index in [9.17, 15) is 23.3 Å². The summed E-state index contributed by atoms with van der Waals surface area (Å²) in [4.78, 5) is 25.3. The van der Waals surface area contributed by atoms with Crippen molar-refractivity contribution in [3.8, 4) is 11.6 Å². The molecule has 2 saturated heterocycles. The van der Waals surface area contributed by atoms with Crippen LogP contribution in [0.1, 0.15) is 48.8 Å². The lowest BCUT2D eigenvalue weighted by Gasteiger charge is -2.26. The summed E-state index contributed by atoms with van der Waals surface area (Å²) < 4.78 is 41.0. The third-order valence-electron chi connectivity index (χ3n) is 6.11. The molecule has 0 saturated carbocycles. The SMILES string of the molecule is Cc1c(C(=O)N2CCOCC2)nn(C(C)C)c1Oc1ccc([N+](=O)[O-])cc1S(=O)(=O)N1CCCC1. The van der Waals surface area contributed by atoms with Gasteiger partial charge in [0, 0.05) is 43.9 Å². The van der Waals surface area contributed by atoms with Crippen molar-refractivity contribution in [2.75, 3.05) is 39.4 Å². The van der Waals surface area contributed by atoms with Gasteiger partial charge in [0.05, 0.1) is 24.2 Å². The van der Waals surface area contributed by atoms with E-state index in [1.807, 2.05) is 13.8 Å². The number of sulfonamides is 1. The largest absolute Gasteiger partial charge is 0.438 e. The first-order valence-electron chi connectivity index (χ1n) is 11.5. The molecule has 1 amide bonds. The van der Waals surface area contributed by atoms with Crippen molar-refractivity contribution < 1.29 is 27.6 Å². The Morgan fingerprint density at radius 1 is 1.17 bits per heavy atom. The lowest BCUT2D eigenvalue weighted by molar-refractivity contribution is -0.385. The predicted octanol–water partition coefficient (Wildman–Crippen LogP) is 2.73. The number of non-ortho nitro benzene ring substituents is 1. The highest BCUT2D eigenvalue weighted by atomic mass is 32.2. The lowest BCUT2D eigenvalue weighted by atomic mass is 10.2. The maximum atomic E-state index is 13.4. The number of rotatable bonds is 7. The van der Waals surface area contributed by atoms with E-state index in [0.717, 1.165) is 18.9 Å². The monoisotopic (exact) mass is 507 g/mol. The Hall–Kier alpha value is -3.03. The summed E-state index contributed by atoms with van der Waals surface area (Å²) in [6, 6.07) is 3.30. The molecule has 0 aliphatic carbocycles. The van der Waals surface area contributed by atoms with Gasteiger partial charge in [-0.3, -0.25) is 14.9 Å². The molecule has 0 atom stereocenters. The summed E-state index contributed by atoms with van der Waals surface area (Å²) in [6.07, 6.45) is 1.44. The molecule has 2 aromatic rings. The Bertz CT molecular complexity index is 1230. The fourth-order valence-corrected chi connectivity index (χ4v) is 5.81. The van der Waals surface area contributed by atoms with Crippen LogP contribution in [0.25, 0.3) is 0 Å². The number of carbonyl (C=O) groups is 1. The van der Waals surface area contributed by atoms with Crippen molar-refractivity contribution in [3.63, 3.8) is 0 Å². The minimum absolute atomic E-state index is 0.0576. The minimum atomic E-state index is -4.03. The van der Waals surface area contributed by atoms with Crippen LogP contribution in [0, 0.1) is 17.0 Å². The van der Waals surface area contributed by atoms with Crippen LogP contribution in [0.3, 0.4) is 0 Å². The Labute approximate surface area is 203 Å². The smallest absolute Gasteiger partial charge is 0.274 e. The summed E-state index contributed by atoms with van der Waals surface area (Å²) >= 11 is 0. The molecule has 0 bridgehead atoms. The zero-order valence-electron chi connectivity index (χ0n) is 20.0. The Morgan fingerprint density at radius 2 is 1.83 bits per heavy atom. The van der Waals surface area contributed by atoms with Crippen LogP contribution in [0.4, 0.5) is 5.69 Å². The number of nitrogens with zero attached hydrogens (tertiary/aromatic N) is 5. The number of aromatic nitrogens is 2. The van der Waals surface area contributed by atoms with Crippen molar-refractivity contribution in [2.45, 2.75) is 44.6 Å². The standard InChI is InChI=1S/C22H29N5O7S/c1-15(2)26-22(16(3)20(23-26)21(28)24-10-12-33-13-11-24)34-18-7-6-17(27(29)30)14-19(18)35(31,32)25-8-4-5-9-25/h6-7,14-15H,4-5,8-13H2,1-3H3. The Kier molecular flexibility index (Phi) is 7.10.